The molecule has 0 radical (unpaired) electrons. The Hall–Kier alpha value is -1.58. The molecule has 2 aliphatic rings. The molecule has 17 nitrogen and oxygen atoms in total. The van der Waals surface area contributed by atoms with E-state index in [4.69, 9.17) is 18.9 Å². The second-order valence-corrected chi connectivity index (χ2v) is 12.5. The average Bonchev–Trinajstić information content (AvgIpc) is 3.04. The van der Waals surface area contributed by atoms with Gasteiger partial charge in [-0.2, -0.15) is 0 Å². The molecule has 47 heavy (non-hydrogen) atoms. The van der Waals surface area contributed by atoms with Crippen LogP contribution in [-0.4, -0.2) is 162 Å². The Morgan fingerprint density at radius 3 is 2.21 bits per heavy atom. The number of nitrogens with one attached hydrogen (secondary N) is 1. The SMILES string of the molecule is CCCCCC(=O)N[C@@H](CO[C@@H]1OC(CO[C@]2(C(=O)O)C[C@@H](O)[C@@H](C)C([C@H](O)[C@H](O)CO)O2)[C@@H](O)[C@H](O)C1O)[C@H](O)[C@H](O)CCCC. The van der Waals surface area contributed by atoms with Gasteiger partial charge in [0.1, 0.15) is 42.7 Å². The van der Waals surface area contributed by atoms with Gasteiger partial charge in [-0.1, -0.05) is 46.5 Å². The van der Waals surface area contributed by atoms with Crippen molar-refractivity contribution < 1.29 is 79.6 Å². The topological polar surface area (TPSA) is 285 Å². The van der Waals surface area contributed by atoms with Crippen molar-refractivity contribution in [2.75, 3.05) is 19.8 Å². The summed E-state index contributed by atoms with van der Waals surface area (Å²) in [4.78, 5) is 24.9. The van der Waals surface area contributed by atoms with Crippen LogP contribution in [0.25, 0.3) is 0 Å². The van der Waals surface area contributed by atoms with Crippen LogP contribution in [0.1, 0.15) is 72.1 Å². The lowest BCUT2D eigenvalue weighted by molar-refractivity contribution is -0.342. The van der Waals surface area contributed by atoms with Crippen LogP contribution in [0.4, 0.5) is 0 Å². The fourth-order valence-corrected chi connectivity index (χ4v) is 5.56. The fraction of sp³-hybridized carbons (Fsp3) is 0.933. The molecule has 2 heterocycles. The molecule has 2 saturated heterocycles. The number of amides is 1. The quantitative estimate of drug-likeness (QED) is 0.0573. The molecule has 17 heteroatoms. The average molecular weight is 686 g/mol. The summed E-state index contributed by atoms with van der Waals surface area (Å²) < 4.78 is 22.3. The first-order valence-corrected chi connectivity index (χ1v) is 16.3. The minimum Gasteiger partial charge on any atom is -0.477 e. The van der Waals surface area contributed by atoms with E-state index in [2.05, 4.69) is 5.32 Å². The second kappa shape index (κ2) is 19.6. The van der Waals surface area contributed by atoms with Gasteiger partial charge >= 0.3 is 5.97 Å². The summed E-state index contributed by atoms with van der Waals surface area (Å²) >= 11 is 0. The van der Waals surface area contributed by atoms with Crippen LogP contribution in [0, 0.1) is 5.92 Å². The van der Waals surface area contributed by atoms with Crippen LogP contribution >= 0.6 is 0 Å². The van der Waals surface area contributed by atoms with E-state index in [9.17, 15) is 60.7 Å². The van der Waals surface area contributed by atoms with Gasteiger partial charge < -0.3 is 75.3 Å². The number of carboxylic acid groups (broad SMARTS) is 1. The number of aliphatic hydroxyl groups excluding tert-OH is 9. The summed E-state index contributed by atoms with van der Waals surface area (Å²) in [6, 6.07) is -1.16. The van der Waals surface area contributed by atoms with Crippen molar-refractivity contribution in [2.24, 2.45) is 5.92 Å². The Balaban J connectivity index is 2.19. The summed E-state index contributed by atoms with van der Waals surface area (Å²) in [5.74, 6) is -5.66. The molecular weight excluding hydrogens is 630 g/mol. The Kier molecular flexibility index (Phi) is 17.3. The van der Waals surface area contributed by atoms with Gasteiger partial charge in [-0.05, 0) is 12.8 Å². The number of hydrogen-bond acceptors (Lipinski definition) is 15. The molecule has 0 spiro atoms. The minimum absolute atomic E-state index is 0.159. The summed E-state index contributed by atoms with van der Waals surface area (Å²) in [6.45, 7) is 3.12. The van der Waals surface area contributed by atoms with Gasteiger partial charge in [0.2, 0.25) is 5.91 Å². The molecule has 0 bridgehead atoms. The van der Waals surface area contributed by atoms with Crippen LogP contribution in [0.2, 0.25) is 0 Å². The summed E-state index contributed by atoms with van der Waals surface area (Å²) in [7, 11) is 0. The Morgan fingerprint density at radius 1 is 0.957 bits per heavy atom. The minimum atomic E-state index is -2.63. The van der Waals surface area contributed by atoms with Crippen LogP contribution in [0.3, 0.4) is 0 Å². The highest BCUT2D eigenvalue weighted by Gasteiger charge is 2.55. The fourth-order valence-electron chi connectivity index (χ4n) is 5.56. The molecule has 0 aromatic rings. The molecule has 11 N–H and O–H groups in total. The highest BCUT2D eigenvalue weighted by atomic mass is 16.7. The first-order chi connectivity index (χ1) is 22.1. The highest BCUT2D eigenvalue weighted by molar-refractivity contribution is 5.76. The van der Waals surface area contributed by atoms with Gasteiger partial charge in [-0.3, -0.25) is 4.79 Å². The van der Waals surface area contributed by atoms with Crippen molar-refractivity contribution in [3.8, 4) is 0 Å². The van der Waals surface area contributed by atoms with Gasteiger partial charge in [0.25, 0.3) is 5.79 Å². The maximum atomic E-state index is 12.6. The first-order valence-electron chi connectivity index (χ1n) is 16.3. The largest absolute Gasteiger partial charge is 0.477 e. The molecule has 0 aliphatic carbocycles. The van der Waals surface area contributed by atoms with E-state index < -0.39 is 123 Å². The van der Waals surface area contributed by atoms with E-state index in [1.807, 2.05) is 13.8 Å². The number of hydrogen-bond donors (Lipinski definition) is 11. The van der Waals surface area contributed by atoms with Crippen molar-refractivity contribution in [3.05, 3.63) is 0 Å². The van der Waals surface area contributed by atoms with Gasteiger partial charge in [0, 0.05) is 18.8 Å². The number of aliphatic carboxylic acids is 1. The smallest absolute Gasteiger partial charge is 0.364 e. The Morgan fingerprint density at radius 2 is 1.62 bits per heavy atom. The molecule has 14 atom stereocenters. The molecule has 0 aromatic heterocycles. The molecule has 1 amide bonds. The third-order valence-electron chi connectivity index (χ3n) is 8.78. The monoisotopic (exact) mass is 685 g/mol. The van der Waals surface area contributed by atoms with E-state index in [1.165, 1.54) is 6.92 Å². The van der Waals surface area contributed by atoms with Gasteiger partial charge in [0.05, 0.1) is 44.2 Å². The van der Waals surface area contributed by atoms with Crippen molar-refractivity contribution >= 4 is 11.9 Å². The number of ether oxygens (including phenoxy) is 4. The number of unbranched alkanes of at least 4 members (excludes halogenated alkanes) is 3. The van der Waals surface area contributed by atoms with Crippen LogP contribution in [0.15, 0.2) is 0 Å². The van der Waals surface area contributed by atoms with E-state index in [-0.39, 0.29) is 12.8 Å². The highest BCUT2D eigenvalue weighted by Crippen LogP contribution is 2.37. The molecule has 3 unspecified atom stereocenters. The van der Waals surface area contributed by atoms with E-state index >= 15 is 0 Å². The number of carbonyl (C=O) groups is 2. The molecule has 0 aromatic carbocycles. The lowest BCUT2D eigenvalue weighted by Crippen LogP contribution is -2.63. The number of carbonyl (C=O) groups excluding carboxylic acids is 1. The molecular formula is C30H55NO16. The number of carboxylic acids is 1. The van der Waals surface area contributed by atoms with Crippen molar-refractivity contribution in [2.45, 2.75) is 151 Å². The van der Waals surface area contributed by atoms with Crippen LogP contribution in [-0.2, 0) is 28.5 Å². The van der Waals surface area contributed by atoms with E-state index in [1.54, 1.807) is 0 Å². The maximum Gasteiger partial charge on any atom is 0.364 e. The zero-order valence-electron chi connectivity index (χ0n) is 27.2. The maximum absolute atomic E-state index is 12.6. The molecule has 2 fully saturated rings. The molecule has 0 saturated carbocycles. The number of rotatable bonds is 20. The lowest BCUT2D eigenvalue weighted by Gasteiger charge is -2.46. The van der Waals surface area contributed by atoms with Crippen LogP contribution < -0.4 is 5.32 Å². The summed E-state index contributed by atoms with van der Waals surface area (Å²) in [6.07, 6.45) is -14.6. The third kappa shape index (κ3) is 11.2. The van der Waals surface area contributed by atoms with Gasteiger partial charge in [-0.25, -0.2) is 4.79 Å². The normalized spacial score (nSPS) is 34.6. The van der Waals surface area contributed by atoms with Crippen LogP contribution in [0.5, 0.6) is 0 Å². The van der Waals surface area contributed by atoms with Crippen molar-refractivity contribution in [1.82, 2.24) is 5.32 Å². The first kappa shape index (κ1) is 41.6. The van der Waals surface area contributed by atoms with E-state index in [0.717, 1.165) is 19.3 Å². The predicted octanol–water partition coefficient (Wildman–Crippen LogP) is -2.91. The standard InChI is InChI=1S/C30H55NO16/c1-4-6-8-10-21(36)31-16(22(37)17(33)9-7-5-2)13-44-28-26(41)25(40)24(39)20(46-28)14-45-30(29(42)43)11-18(34)15(3)27(47-30)23(38)19(35)12-32/h15-20,22-28,32-35,37-41H,4-14H2,1-3H3,(H,31,36)(H,42,43)/t15-,16+,17-,18-,19-,20?,22+,23-,24-,25+,26?,27?,28-,30-/m1/s1. The predicted molar refractivity (Wildman–Crippen MR) is 160 cm³/mol. The van der Waals surface area contributed by atoms with Crippen molar-refractivity contribution in [3.63, 3.8) is 0 Å². The Bertz CT molecular complexity index is 946. The summed E-state index contributed by atoms with van der Waals surface area (Å²) in [5.41, 5.74) is 0. The lowest BCUT2D eigenvalue weighted by atomic mass is 9.84. The number of aliphatic hydroxyl groups is 9. The molecule has 276 valence electrons. The molecule has 2 aliphatic heterocycles. The van der Waals surface area contributed by atoms with E-state index in [0.29, 0.717) is 12.8 Å². The zero-order valence-corrected chi connectivity index (χ0v) is 27.2. The second-order valence-electron chi connectivity index (χ2n) is 12.5. The van der Waals surface area contributed by atoms with Gasteiger partial charge in [-0.15, -0.1) is 0 Å². The van der Waals surface area contributed by atoms with Gasteiger partial charge in [0.15, 0.2) is 6.29 Å². The molecule has 2 rings (SSSR count). The summed E-state index contributed by atoms with van der Waals surface area (Å²) in [5, 5.41) is 106. The zero-order chi connectivity index (χ0) is 35.5. The Labute approximate surface area is 274 Å². The van der Waals surface area contributed by atoms with Crippen molar-refractivity contribution in [1.29, 1.82) is 0 Å². The third-order valence-corrected chi connectivity index (χ3v) is 8.78.